The van der Waals surface area contributed by atoms with E-state index in [1.165, 1.54) is 39.8 Å². The number of hydrogen-bond acceptors (Lipinski definition) is 0. The van der Waals surface area contributed by atoms with E-state index in [9.17, 15) is 0 Å². The van der Waals surface area contributed by atoms with Crippen molar-refractivity contribution < 1.29 is 0 Å². The van der Waals surface area contributed by atoms with E-state index in [-0.39, 0.29) is 0 Å². The van der Waals surface area contributed by atoms with Crippen LogP contribution in [-0.2, 0) is 6.42 Å². The van der Waals surface area contributed by atoms with E-state index in [1.54, 1.807) is 0 Å². The third-order valence-corrected chi connectivity index (χ3v) is 4.06. The third-order valence-electron chi connectivity index (χ3n) is 4.06. The Kier molecular flexibility index (Phi) is 5.77. The van der Waals surface area contributed by atoms with Crippen molar-refractivity contribution in [3.63, 3.8) is 0 Å². The lowest BCUT2D eigenvalue weighted by atomic mass is 9.94. The smallest absolute Gasteiger partial charge is 0.0152 e. The second-order valence-electron chi connectivity index (χ2n) is 6.07. The van der Waals surface area contributed by atoms with Crippen molar-refractivity contribution in [2.24, 2.45) is 0 Å². The van der Waals surface area contributed by atoms with E-state index in [0.717, 1.165) is 12.8 Å². The van der Waals surface area contributed by atoms with E-state index < -0.39 is 0 Å². The summed E-state index contributed by atoms with van der Waals surface area (Å²) in [5, 5.41) is 0. The van der Waals surface area contributed by atoms with Crippen LogP contribution in [0.5, 0.6) is 0 Å². The highest BCUT2D eigenvalue weighted by molar-refractivity contribution is 5.68. The van der Waals surface area contributed by atoms with Crippen molar-refractivity contribution in [1.82, 2.24) is 0 Å². The van der Waals surface area contributed by atoms with Crippen LogP contribution in [0.1, 0.15) is 36.5 Å². The molecule has 0 heteroatoms. The second-order valence-corrected chi connectivity index (χ2v) is 6.07. The van der Waals surface area contributed by atoms with Crippen LogP contribution >= 0.6 is 0 Å². The van der Waals surface area contributed by atoms with Gasteiger partial charge in [-0.3, -0.25) is 0 Å². The Morgan fingerprint density at radius 3 is 2.36 bits per heavy atom. The summed E-state index contributed by atoms with van der Waals surface area (Å²) in [6.45, 7) is 10.2. The van der Waals surface area contributed by atoms with Crippen molar-refractivity contribution in [2.75, 3.05) is 0 Å². The first-order valence-electron chi connectivity index (χ1n) is 8.06. The number of rotatable bonds is 6. The van der Waals surface area contributed by atoms with E-state index in [2.05, 4.69) is 75.9 Å². The Bertz CT molecular complexity index is 657. The fourth-order valence-corrected chi connectivity index (χ4v) is 2.65. The zero-order chi connectivity index (χ0) is 15.9. The Balaban J connectivity index is 2.17. The van der Waals surface area contributed by atoms with Crippen molar-refractivity contribution >= 4 is 0 Å². The van der Waals surface area contributed by atoms with Gasteiger partial charge in [0.1, 0.15) is 0 Å². The lowest BCUT2D eigenvalue weighted by molar-refractivity contribution is 0.840. The van der Waals surface area contributed by atoms with Gasteiger partial charge in [-0.15, -0.1) is 0 Å². The summed E-state index contributed by atoms with van der Waals surface area (Å²) >= 11 is 0. The molecular formula is C22H26. The molecule has 0 N–H and O–H groups in total. The summed E-state index contributed by atoms with van der Waals surface area (Å²) in [5.41, 5.74) is 8.05. The van der Waals surface area contributed by atoms with Crippen molar-refractivity contribution in [3.05, 3.63) is 83.5 Å². The number of aryl methyl sites for hydroxylation is 3. The zero-order valence-corrected chi connectivity index (χ0v) is 14.0. The van der Waals surface area contributed by atoms with Gasteiger partial charge in [0.2, 0.25) is 0 Å². The summed E-state index contributed by atoms with van der Waals surface area (Å²) in [6.07, 6.45) is 7.59. The molecule has 114 valence electrons. The van der Waals surface area contributed by atoms with Gasteiger partial charge >= 0.3 is 0 Å². The van der Waals surface area contributed by atoms with Gasteiger partial charge in [-0.25, -0.2) is 0 Å². The largest absolute Gasteiger partial charge is 0.0988 e. The van der Waals surface area contributed by atoms with Crippen LogP contribution in [0, 0.1) is 13.8 Å². The summed E-state index contributed by atoms with van der Waals surface area (Å²) in [5.74, 6) is 0. The highest BCUT2D eigenvalue weighted by Gasteiger charge is 2.05. The SMILES string of the molecule is C=CC(C)=CCCCc1cc(C)ccc1-c1ccc(C)cc1. The van der Waals surface area contributed by atoms with Crippen LogP contribution in [0.4, 0.5) is 0 Å². The second kappa shape index (κ2) is 7.79. The van der Waals surface area contributed by atoms with E-state index >= 15 is 0 Å². The van der Waals surface area contributed by atoms with Crippen molar-refractivity contribution in [2.45, 2.75) is 40.0 Å². The molecule has 2 aromatic rings. The molecule has 0 fully saturated rings. The van der Waals surface area contributed by atoms with E-state index in [1.807, 2.05) is 6.08 Å². The molecule has 0 spiro atoms. The number of allylic oxidation sites excluding steroid dienone is 3. The summed E-state index contributed by atoms with van der Waals surface area (Å²) in [6, 6.07) is 15.6. The summed E-state index contributed by atoms with van der Waals surface area (Å²) in [7, 11) is 0. The molecule has 0 bridgehead atoms. The molecule has 0 amide bonds. The van der Waals surface area contributed by atoms with Crippen LogP contribution in [0.3, 0.4) is 0 Å². The Morgan fingerprint density at radius 1 is 1.00 bits per heavy atom. The molecule has 2 aromatic carbocycles. The molecule has 0 saturated heterocycles. The summed E-state index contributed by atoms with van der Waals surface area (Å²) in [4.78, 5) is 0. The average molecular weight is 290 g/mol. The van der Waals surface area contributed by atoms with Crippen LogP contribution in [0.2, 0.25) is 0 Å². The molecule has 0 radical (unpaired) electrons. The van der Waals surface area contributed by atoms with Crippen LogP contribution in [0.15, 0.2) is 66.8 Å². The predicted molar refractivity (Wildman–Crippen MR) is 98.2 cm³/mol. The number of unbranched alkanes of at least 4 members (excludes halogenated alkanes) is 1. The first-order chi connectivity index (χ1) is 10.6. The number of hydrogen-bond donors (Lipinski definition) is 0. The standard InChI is InChI=1S/C22H26/c1-5-17(2)8-6-7-9-21-16-19(4)12-15-22(21)20-13-10-18(3)11-14-20/h5,8,10-16H,1,6-7,9H2,2-4H3. The Morgan fingerprint density at radius 2 is 1.68 bits per heavy atom. The van der Waals surface area contributed by atoms with Gasteiger partial charge < -0.3 is 0 Å². The molecule has 0 aromatic heterocycles. The highest BCUT2D eigenvalue weighted by atomic mass is 14.1. The molecule has 0 atom stereocenters. The minimum Gasteiger partial charge on any atom is -0.0988 e. The molecule has 0 aliphatic carbocycles. The number of benzene rings is 2. The Hall–Kier alpha value is -2.08. The normalized spacial score (nSPS) is 11.5. The van der Waals surface area contributed by atoms with E-state index in [0.29, 0.717) is 0 Å². The van der Waals surface area contributed by atoms with Crippen LogP contribution in [0.25, 0.3) is 11.1 Å². The molecule has 22 heavy (non-hydrogen) atoms. The summed E-state index contributed by atoms with van der Waals surface area (Å²) < 4.78 is 0. The zero-order valence-electron chi connectivity index (χ0n) is 14.0. The van der Waals surface area contributed by atoms with Gasteiger partial charge in [0, 0.05) is 0 Å². The highest BCUT2D eigenvalue weighted by Crippen LogP contribution is 2.26. The average Bonchev–Trinajstić information content (AvgIpc) is 2.52. The molecule has 0 unspecified atom stereocenters. The molecule has 0 heterocycles. The fraction of sp³-hybridized carbons (Fsp3) is 0.273. The molecule has 2 rings (SSSR count). The first-order valence-corrected chi connectivity index (χ1v) is 8.06. The fourth-order valence-electron chi connectivity index (χ4n) is 2.65. The van der Waals surface area contributed by atoms with Gasteiger partial charge in [-0.2, -0.15) is 0 Å². The lowest BCUT2D eigenvalue weighted by Crippen LogP contribution is -1.92. The van der Waals surface area contributed by atoms with Crippen molar-refractivity contribution in [3.8, 4) is 11.1 Å². The van der Waals surface area contributed by atoms with Gasteiger partial charge in [0.25, 0.3) is 0 Å². The topological polar surface area (TPSA) is 0 Å². The molecule has 0 nitrogen and oxygen atoms in total. The van der Waals surface area contributed by atoms with Crippen LogP contribution < -0.4 is 0 Å². The Labute approximate surface area is 135 Å². The van der Waals surface area contributed by atoms with Gasteiger partial charge in [-0.05, 0) is 56.7 Å². The van der Waals surface area contributed by atoms with E-state index in [4.69, 9.17) is 0 Å². The predicted octanol–water partition coefficient (Wildman–Crippen LogP) is 6.43. The maximum absolute atomic E-state index is 3.80. The molecular weight excluding hydrogens is 264 g/mol. The maximum Gasteiger partial charge on any atom is -0.0152 e. The molecule has 0 aliphatic rings. The monoisotopic (exact) mass is 290 g/mol. The first kappa shape index (κ1) is 16.3. The molecule has 0 aliphatic heterocycles. The van der Waals surface area contributed by atoms with Crippen LogP contribution in [-0.4, -0.2) is 0 Å². The lowest BCUT2D eigenvalue weighted by Gasteiger charge is -2.11. The third kappa shape index (κ3) is 4.46. The minimum atomic E-state index is 1.11. The van der Waals surface area contributed by atoms with Gasteiger partial charge in [-0.1, -0.05) is 77.9 Å². The van der Waals surface area contributed by atoms with Gasteiger partial charge in [0.05, 0.1) is 0 Å². The minimum absolute atomic E-state index is 1.11. The molecule has 0 saturated carbocycles. The van der Waals surface area contributed by atoms with Gasteiger partial charge in [0.15, 0.2) is 0 Å². The quantitative estimate of drug-likeness (QED) is 0.425. The van der Waals surface area contributed by atoms with Crippen molar-refractivity contribution in [1.29, 1.82) is 0 Å². The maximum atomic E-state index is 3.80.